The van der Waals surface area contributed by atoms with Crippen LogP contribution in [0.2, 0.25) is 0 Å². The number of likely N-dealkylation sites (N-methyl/N-ethyl adjacent to an activating group) is 1. The van der Waals surface area contributed by atoms with Gasteiger partial charge >= 0.3 is 0 Å². The predicted octanol–water partition coefficient (Wildman–Crippen LogP) is 2.18. The molecule has 0 atom stereocenters. The minimum absolute atomic E-state index is 0.0503. The second-order valence-electron chi connectivity index (χ2n) is 4.14. The number of nitrogens with two attached hydrogens (primary N) is 1. The van der Waals surface area contributed by atoms with E-state index in [0.29, 0.717) is 6.54 Å². The molecule has 0 unspecified atom stereocenters. The van der Waals surface area contributed by atoms with Crippen LogP contribution in [0.25, 0.3) is 0 Å². The van der Waals surface area contributed by atoms with Crippen LogP contribution < -0.4 is 5.73 Å². The van der Waals surface area contributed by atoms with Crippen LogP contribution in [0.15, 0.2) is 29.8 Å². The van der Waals surface area contributed by atoms with E-state index in [2.05, 4.69) is 4.98 Å². The first-order valence-electron chi connectivity index (χ1n) is 5.77. The Morgan fingerprint density at radius 1 is 1.58 bits per heavy atom. The maximum atomic E-state index is 13.1. The van der Waals surface area contributed by atoms with Crippen molar-refractivity contribution in [3.8, 4) is 0 Å². The number of rotatable bonds is 4. The van der Waals surface area contributed by atoms with Gasteiger partial charge in [0.25, 0.3) is 5.91 Å². The van der Waals surface area contributed by atoms with Crippen LogP contribution in [0.1, 0.15) is 15.2 Å². The molecule has 2 aromatic rings. The van der Waals surface area contributed by atoms with Gasteiger partial charge in [0, 0.05) is 18.5 Å². The molecule has 100 valence electrons. The molecule has 0 spiro atoms. The number of amides is 1. The van der Waals surface area contributed by atoms with Crippen LogP contribution in [0.3, 0.4) is 0 Å². The first kappa shape index (κ1) is 13.5. The standard InChI is InChI=1S/C13H14FN3OS/c1-17(5-4-10-3-2-6-19-10)13(18)11-7-9(14)8-16-12(11)15/h2-3,6-8H,4-5H2,1H3,(H2,15,16). The number of carbonyl (C=O) groups excluding carboxylic acids is 1. The molecule has 19 heavy (non-hydrogen) atoms. The topological polar surface area (TPSA) is 59.2 Å². The second kappa shape index (κ2) is 5.79. The van der Waals surface area contributed by atoms with Gasteiger partial charge in [0.1, 0.15) is 11.6 Å². The molecule has 6 heteroatoms. The number of carbonyl (C=O) groups is 1. The lowest BCUT2D eigenvalue weighted by atomic mass is 10.2. The lowest BCUT2D eigenvalue weighted by Gasteiger charge is -2.17. The van der Waals surface area contributed by atoms with E-state index < -0.39 is 5.82 Å². The number of thiophene rings is 1. The molecule has 0 fully saturated rings. The Labute approximate surface area is 114 Å². The summed E-state index contributed by atoms with van der Waals surface area (Å²) in [5, 5.41) is 1.99. The van der Waals surface area contributed by atoms with E-state index in [4.69, 9.17) is 5.73 Å². The van der Waals surface area contributed by atoms with E-state index in [9.17, 15) is 9.18 Å². The number of hydrogen-bond acceptors (Lipinski definition) is 4. The summed E-state index contributed by atoms with van der Waals surface area (Å²) in [7, 11) is 1.67. The Hall–Kier alpha value is -1.95. The Kier molecular flexibility index (Phi) is 4.11. The van der Waals surface area contributed by atoms with Crippen LogP contribution in [-0.2, 0) is 6.42 Å². The Morgan fingerprint density at radius 2 is 2.37 bits per heavy atom. The molecular formula is C13H14FN3OS. The highest BCUT2D eigenvalue weighted by molar-refractivity contribution is 7.09. The highest BCUT2D eigenvalue weighted by Gasteiger charge is 2.16. The Bertz CT molecular complexity index is 571. The molecule has 2 aromatic heterocycles. The first-order valence-corrected chi connectivity index (χ1v) is 6.65. The van der Waals surface area contributed by atoms with Gasteiger partial charge in [-0.1, -0.05) is 6.07 Å². The number of aromatic nitrogens is 1. The van der Waals surface area contributed by atoms with Gasteiger partial charge < -0.3 is 10.6 Å². The van der Waals surface area contributed by atoms with Crippen molar-refractivity contribution in [1.82, 2.24) is 9.88 Å². The van der Waals surface area contributed by atoms with E-state index in [1.807, 2.05) is 17.5 Å². The highest BCUT2D eigenvalue weighted by Crippen LogP contribution is 2.14. The normalized spacial score (nSPS) is 10.4. The van der Waals surface area contributed by atoms with Gasteiger partial charge in [-0.2, -0.15) is 0 Å². The maximum Gasteiger partial charge on any atom is 0.257 e. The van der Waals surface area contributed by atoms with Crippen LogP contribution in [0.4, 0.5) is 10.2 Å². The fourth-order valence-electron chi connectivity index (χ4n) is 1.66. The average Bonchev–Trinajstić information content (AvgIpc) is 2.91. The third-order valence-corrected chi connectivity index (χ3v) is 3.67. The summed E-state index contributed by atoms with van der Waals surface area (Å²) >= 11 is 1.64. The first-order chi connectivity index (χ1) is 9.08. The fourth-order valence-corrected chi connectivity index (χ4v) is 2.36. The summed E-state index contributed by atoms with van der Waals surface area (Å²) in [6.45, 7) is 0.551. The molecule has 0 aliphatic carbocycles. The zero-order valence-electron chi connectivity index (χ0n) is 10.5. The molecule has 0 aliphatic heterocycles. The summed E-state index contributed by atoms with van der Waals surface area (Å²) in [5.74, 6) is -0.834. The van der Waals surface area contributed by atoms with Crippen LogP contribution in [-0.4, -0.2) is 29.4 Å². The van der Waals surface area contributed by atoms with Crippen molar-refractivity contribution >= 4 is 23.1 Å². The van der Waals surface area contributed by atoms with Crippen molar-refractivity contribution in [1.29, 1.82) is 0 Å². The van der Waals surface area contributed by atoms with Crippen LogP contribution in [0.5, 0.6) is 0 Å². The monoisotopic (exact) mass is 279 g/mol. The van der Waals surface area contributed by atoms with Crippen molar-refractivity contribution in [2.24, 2.45) is 0 Å². The van der Waals surface area contributed by atoms with E-state index in [0.717, 1.165) is 18.7 Å². The molecule has 2 rings (SSSR count). The summed E-state index contributed by atoms with van der Waals surface area (Å²) in [6.07, 6.45) is 1.76. The summed E-state index contributed by atoms with van der Waals surface area (Å²) in [6, 6.07) is 5.10. The minimum atomic E-state index is -0.566. The van der Waals surface area contributed by atoms with Gasteiger partial charge in [0.2, 0.25) is 0 Å². The quantitative estimate of drug-likeness (QED) is 0.933. The summed E-state index contributed by atoms with van der Waals surface area (Å²) in [5.41, 5.74) is 5.70. The molecule has 0 saturated carbocycles. The summed E-state index contributed by atoms with van der Waals surface area (Å²) in [4.78, 5) is 18.5. The Balaban J connectivity index is 2.04. The van der Waals surface area contributed by atoms with Gasteiger partial charge in [-0.25, -0.2) is 9.37 Å². The van der Waals surface area contributed by atoms with E-state index in [-0.39, 0.29) is 17.3 Å². The van der Waals surface area contributed by atoms with Gasteiger partial charge in [-0.3, -0.25) is 4.79 Å². The molecule has 0 saturated heterocycles. The molecule has 0 aliphatic rings. The van der Waals surface area contributed by atoms with E-state index in [1.54, 1.807) is 18.4 Å². The number of nitrogen functional groups attached to an aromatic ring is 1. The zero-order valence-corrected chi connectivity index (χ0v) is 11.3. The van der Waals surface area contributed by atoms with Crippen molar-refractivity contribution in [3.63, 3.8) is 0 Å². The van der Waals surface area contributed by atoms with Crippen LogP contribution >= 0.6 is 11.3 Å². The molecule has 0 bridgehead atoms. The fraction of sp³-hybridized carbons (Fsp3) is 0.231. The zero-order chi connectivity index (χ0) is 13.8. The SMILES string of the molecule is CN(CCc1cccs1)C(=O)c1cc(F)cnc1N. The van der Waals surface area contributed by atoms with E-state index >= 15 is 0 Å². The third-order valence-electron chi connectivity index (χ3n) is 2.74. The number of anilines is 1. The summed E-state index contributed by atoms with van der Waals surface area (Å²) < 4.78 is 13.1. The smallest absolute Gasteiger partial charge is 0.257 e. The predicted molar refractivity (Wildman–Crippen MR) is 73.6 cm³/mol. The van der Waals surface area contributed by atoms with Crippen molar-refractivity contribution in [2.45, 2.75) is 6.42 Å². The molecule has 2 heterocycles. The lowest BCUT2D eigenvalue weighted by Crippen LogP contribution is -2.29. The van der Waals surface area contributed by atoms with Crippen LogP contribution in [0, 0.1) is 5.82 Å². The van der Waals surface area contributed by atoms with Crippen molar-refractivity contribution < 1.29 is 9.18 Å². The van der Waals surface area contributed by atoms with Crippen molar-refractivity contribution in [2.75, 3.05) is 19.3 Å². The van der Waals surface area contributed by atoms with Crippen molar-refractivity contribution in [3.05, 3.63) is 46.0 Å². The van der Waals surface area contributed by atoms with Gasteiger partial charge in [-0.05, 0) is 23.9 Å². The molecule has 1 amide bonds. The lowest BCUT2D eigenvalue weighted by molar-refractivity contribution is 0.0797. The maximum absolute atomic E-state index is 13.1. The molecule has 0 aromatic carbocycles. The number of pyridine rings is 1. The highest BCUT2D eigenvalue weighted by atomic mass is 32.1. The Morgan fingerprint density at radius 3 is 3.05 bits per heavy atom. The average molecular weight is 279 g/mol. The minimum Gasteiger partial charge on any atom is -0.383 e. The number of halogens is 1. The number of nitrogens with zero attached hydrogens (tertiary/aromatic N) is 2. The van der Waals surface area contributed by atoms with Gasteiger partial charge in [0.05, 0.1) is 11.8 Å². The number of hydrogen-bond donors (Lipinski definition) is 1. The molecular weight excluding hydrogens is 265 g/mol. The van der Waals surface area contributed by atoms with Gasteiger partial charge in [-0.15, -0.1) is 11.3 Å². The molecule has 4 nitrogen and oxygen atoms in total. The van der Waals surface area contributed by atoms with E-state index in [1.165, 1.54) is 9.78 Å². The third kappa shape index (κ3) is 3.29. The van der Waals surface area contributed by atoms with Gasteiger partial charge in [0.15, 0.2) is 0 Å². The molecule has 0 radical (unpaired) electrons. The second-order valence-corrected chi connectivity index (χ2v) is 5.17. The molecule has 2 N–H and O–H groups in total. The largest absolute Gasteiger partial charge is 0.383 e.